The van der Waals surface area contributed by atoms with Crippen LogP contribution in [0.3, 0.4) is 0 Å². The lowest BCUT2D eigenvalue weighted by atomic mass is 9.61. The van der Waals surface area contributed by atoms with Crippen LogP contribution in [0.4, 0.5) is 0 Å². The minimum absolute atomic E-state index is 0.604. The fraction of sp³-hybridized carbons (Fsp3) is 0.867. The monoisotopic (exact) mass is 284 g/mol. The van der Waals surface area contributed by atoms with Gasteiger partial charge in [-0.15, -0.1) is 0 Å². The standard InChI is InChI=1S/C15H25Br/c1-4-11(2)13-7-8-14-12(10-16)6-5-9-15(13,14)3/h10-11,13-14H,4-9H2,1-3H3/b12-10+/t11-,13-,14+,15-/m1/s1. The molecule has 2 fully saturated rings. The van der Waals surface area contributed by atoms with Crippen molar-refractivity contribution in [3.05, 3.63) is 10.6 Å². The van der Waals surface area contributed by atoms with Crippen LogP contribution < -0.4 is 0 Å². The molecule has 0 saturated heterocycles. The van der Waals surface area contributed by atoms with Crippen LogP contribution in [-0.4, -0.2) is 0 Å². The number of rotatable bonds is 2. The van der Waals surface area contributed by atoms with Crippen LogP contribution in [0.25, 0.3) is 0 Å². The van der Waals surface area contributed by atoms with Crippen molar-refractivity contribution in [2.45, 2.75) is 59.3 Å². The van der Waals surface area contributed by atoms with E-state index in [1.807, 2.05) is 0 Å². The molecule has 0 aromatic carbocycles. The normalized spacial score (nSPS) is 43.4. The van der Waals surface area contributed by atoms with Crippen molar-refractivity contribution in [2.24, 2.45) is 23.2 Å². The smallest absolute Gasteiger partial charge is 0.0138 e. The second-order valence-electron chi connectivity index (χ2n) is 6.17. The Labute approximate surface area is 109 Å². The van der Waals surface area contributed by atoms with Crippen LogP contribution in [0.5, 0.6) is 0 Å². The van der Waals surface area contributed by atoms with Gasteiger partial charge in [0.15, 0.2) is 0 Å². The van der Waals surface area contributed by atoms with E-state index in [-0.39, 0.29) is 0 Å². The van der Waals surface area contributed by atoms with Crippen LogP contribution in [-0.2, 0) is 0 Å². The molecule has 0 aliphatic heterocycles. The van der Waals surface area contributed by atoms with E-state index in [9.17, 15) is 0 Å². The Balaban J connectivity index is 2.23. The Morgan fingerprint density at radius 1 is 1.50 bits per heavy atom. The number of fused-ring (bicyclic) bond motifs is 1. The van der Waals surface area contributed by atoms with Crippen LogP contribution in [0.15, 0.2) is 10.6 Å². The second kappa shape index (κ2) is 4.84. The van der Waals surface area contributed by atoms with Crippen LogP contribution in [0.1, 0.15) is 59.3 Å². The molecule has 0 radical (unpaired) electrons. The molecule has 4 atom stereocenters. The maximum atomic E-state index is 3.58. The van der Waals surface area contributed by atoms with Crippen molar-refractivity contribution in [3.63, 3.8) is 0 Å². The van der Waals surface area contributed by atoms with Gasteiger partial charge in [-0.1, -0.05) is 48.7 Å². The molecule has 2 saturated carbocycles. The summed E-state index contributed by atoms with van der Waals surface area (Å²) in [4.78, 5) is 2.23. The van der Waals surface area contributed by atoms with Gasteiger partial charge in [-0.25, -0.2) is 0 Å². The van der Waals surface area contributed by atoms with E-state index in [4.69, 9.17) is 0 Å². The summed E-state index contributed by atoms with van der Waals surface area (Å²) in [6.07, 6.45) is 8.43. The molecule has 0 N–H and O–H groups in total. The highest BCUT2D eigenvalue weighted by Gasteiger charge is 2.50. The number of allylic oxidation sites excluding steroid dienone is 1. The summed E-state index contributed by atoms with van der Waals surface area (Å²) >= 11 is 3.58. The van der Waals surface area contributed by atoms with Crippen molar-refractivity contribution in [2.75, 3.05) is 0 Å². The number of halogens is 1. The molecule has 0 spiro atoms. The SMILES string of the molecule is CC[C@@H](C)[C@H]1CC[C@H]2/C(=C/Br)CCC[C@]12C. The summed E-state index contributed by atoms with van der Waals surface area (Å²) in [7, 11) is 0. The zero-order chi connectivity index (χ0) is 11.8. The Morgan fingerprint density at radius 2 is 2.25 bits per heavy atom. The van der Waals surface area contributed by atoms with Gasteiger partial charge in [-0.3, -0.25) is 0 Å². The Kier molecular flexibility index (Phi) is 3.83. The molecule has 2 aliphatic rings. The van der Waals surface area contributed by atoms with Gasteiger partial charge in [0, 0.05) is 0 Å². The van der Waals surface area contributed by atoms with Gasteiger partial charge >= 0.3 is 0 Å². The lowest BCUT2D eigenvalue weighted by Gasteiger charge is -2.44. The first-order valence-corrected chi connectivity index (χ1v) is 7.84. The summed E-state index contributed by atoms with van der Waals surface area (Å²) in [5, 5.41) is 0. The average Bonchev–Trinajstić information content (AvgIpc) is 2.64. The molecular weight excluding hydrogens is 260 g/mol. The van der Waals surface area contributed by atoms with E-state index >= 15 is 0 Å². The average molecular weight is 285 g/mol. The van der Waals surface area contributed by atoms with Gasteiger partial charge in [0.05, 0.1) is 0 Å². The number of hydrogen-bond acceptors (Lipinski definition) is 0. The maximum absolute atomic E-state index is 3.58. The third-order valence-corrected chi connectivity index (χ3v) is 6.10. The molecule has 2 rings (SSSR count). The largest absolute Gasteiger partial charge is 0.0651 e. The highest BCUT2D eigenvalue weighted by molar-refractivity contribution is 9.11. The Morgan fingerprint density at radius 3 is 2.88 bits per heavy atom. The molecular formula is C15H25Br. The highest BCUT2D eigenvalue weighted by atomic mass is 79.9. The molecule has 2 aliphatic carbocycles. The lowest BCUT2D eigenvalue weighted by molar-refractivity contribution is 0.0963. The first-order valence-electron chi connectivity index (χ1n) is 6.92. The molecule has 0 heterocycles. The van der Waals surface area contributed by atoms with Gasteiger partial charge in [-0.2, -0.15) is 0 Å². The molecule has 0 bridgehead atoms. The van der Waals surface area contributed by atoms with Crippen molar-refractivity contribution in [1.29, 1.82) is 0 Å². The Hall–Kier alpha value is 0.220. The summed E-state index contributed by atoms with van der Waals surface area (Å²) in [5.41, 5.74) is 2.30. The van der Waals surface area contributed by atoms with E-state index < -0.39 is 0 Å². The first kappa shape index (κ1) is 12.7. The third kappa shape index (κ3) is 1.89. The van der Waals surface area contributed by atoms with Crippen LogP contribution in [0, 0.1) is 23.2 Å². The van der Waals surface area contributed by atoms with Crippen molar-refractivity contribution in [3.8, 4) is 0 Å². The zero-order valence-corrected chi connectivity index (χ0v) is 12.5. The van der Waals surface area contributed by atoms with E-state index in [1.54, 1.807) is 5.57 Å². The van der Waals surface area contributed by atoms with E-state index in [2.05, 4.69) is 41.7 Å². The zero-order valence-electron chi connectivity index (χ0n) is 10.9. The molecule has 0 aromatic heterocycles. The molecule has 0 amide bonds. The fourth-order valence-electron chi connectivity index (χ4n) is 4.43. The summed E-state index contributed by atoms with van der Waals surface area (Å²) in [6.45, 7) is 7.38. The van der Waals surface area contributed by atoms with Crippen LogP contribution >= 0.6 is 15.9 Å². The fourth-order valence-corrected chi connectivity index (χ4v) is 4.98. The van der Waals surface area contributed by atoms with Crippen LogP contribution in [0.2, 0.25) is 0 Å². The van der Waals surface area contributed by atoms with Gasteiger partial charge in [0.2, 0.25) is 0 Å². The molecule has 16 heavy (non-hydrogen) atoms. The molecule has 92 valence electrons. The second-order valence-corrected chi connectivity index (χ2v) is 6.62. The molecule has 0 aromatic rings. The van der Waals surface area contributed by atoms with E-state index in [0.717, 1.165) is 17.8 Å². The molecule has 0 nitrogen and oxygen atoms in total. The number of hydrogen-bond donors (Lipinski definition) is 0. The van der Waals surface area contributed by atoms with Crippen molar-refractivity contribution >= 4 is 15.9 Å². The minimum Gasteiger partial charge on any atom is -0.0651 e. The van der Waals surface area contributed by atoms with Gasteiger partial charge < -0.3 is 0 Å². The summed E-state index contributed by atoms with van der Waals surface area (Å²) in [6, 6.07) is 0. The van der Waals surface area contributed by atoms with E-state index in [0.29, 0.717) is 5.41 Å². The Bertz CT molecular complexity index is 281. The highest BCUT2D eigenvalue weighted by Crippen LogP contribution is 2.59. The van der Waals surface area contributed by atoms with E-state index in [1.165, 1.54) is 38.5 Å². The summed E-state index contributed by atoms with van der Waals surface area (Å²) < 4.78 is 0. The predicted molar refractivity (Wildman–Crippen MR) is 74.6 cm³/mol. The lowest BCUT2D eigenvalue weighted by Crippen LogP contribution is -2.35. The molecule has 0 unspecified atom stereocenters. The van der Waals surface area contributed by atoms with Crippen molar-refractivity contribution < 1.29 is 0 Å². The van der Waals surface area contributed by atoms with Crippen molar-refractivity contribution in [1.82, 2.24) is 0 Å². The predicted octanol–water partition coefficient (Wildman–Crippen LogP) is 5.53. The third-order valence-electron chi connectivity index (χ3n) is 5.51. The first-order chi connectivity index (χ1) is 7.63. The van der Waals surface area contributed by atoms with Gasteiger partial charge in [0.25, 0.3) is 0 Å². The minimum atomic E-state index is 0.604. The quantitative estimate of drug-likeness (QED) is 0.626. The topological polar surface area (TPSA) is 0 Å². The van der Waals surface area contributed by atoms with Gasteiger partial charge in [0.1, 0.15) is 0 Å². The maximum Gasteiger partial charge on any atom is -0.0138 e. The van der Waals surface area contributed by atoms with Gasteiger partial charge in [-0.05, 0) is 60.3 Å². The molecule has 1 heteroatoms. The summed E-state index contributed by atoms with van der Waals surface area (Å²) in [5.74, 6) is 2.74.